The van der Waals surface area contributed by atoms with E-state index >= 15 is 0 Å². The first-order valence-corrected chi connectivity index (χ1v) is 7.30. The highest BCUT2D eigenvalue weighted by Crippen LogP contribution is 2.26. The lowest BCUT2D eigenvalue weighted by atomic mass is 9.90. The van der Waals surface area contributed by atoms with E-state index in [-0.39, 0.29) is 18.1 Å². The van der Waals surface area contributed by atoms with E-state index in [2.05, 4.69) is 36.4 Å². The first-order valence-electron chi connectivity index (χ1n) is 7.30. The molecule has 1 amide bonds. The predicted molar refractivity (Wildman–Crippen MR) is 78.8 cm³/mol. The number of amides is 1. The molecule has 1 aliphatic heterocycles. The largest absolute Gasteiger partial charge is 0.480 e. The summed E-state index contributed by atoms with van der Waals surface area (Å²) in [6.07, 6.45) is 3.26. The van der Waals surface area contributed by atoms with Gasteiger partial charge in [0.2, 0.25) is 0 Å². The van der Waals surface area contributed by atoms with Crippen molar-refractivity contribution in [3.05, 3.63) is 17.8 Å². The number of anilines is 1. The van der Waals surface area contributed by atoms with Crippen LogP contribution in [0.25, 0.3) is 0 Å². The van der Waals surface area contributed by atoms with Gasteiger partial charge < -0.3 is 15.4 Å². The zero-order valence-corrected chi connectivity index (χ0v) is 12.5. The van der Waals surface area contributed by atoms with Crippen LogP contribution in [0.2, 0.25) is 0 Å². The minimum Gasteiger partial charge on any atom is -0.480 e. The molecule has 110 valence electrons. The van der Waals surface area contributed by atoms with Crippen LogP contribution in [0, 0.1) is 0 Å². The number of hydrogen-bond donors (Lipinski definition) is 2. The van der Waals surface area contributed by atoms with Crippen LogP contribution in [0.5, 0.6) is 5.75 Å². The van der Waals surface area contributed by atoms with Crippen LogP contribution in [-0.2, 0) is 11.3 Å². The highest BCUT2D eigenvalue weighted by molar-refractivity contribution is 5.94. The molecular weight excluding hydrogens is 254 g/mol. The van der Waals surface area contributed by atoms with E-state index < -0.39 is 0 Å². The Hall–Kier alpha value is -1.62. The van der Waals surface area contributed by atoms with Crippen molar-refractivity contribution in [1.82, 2.24) is 10.3 Å². The van der Waals surface area contributed by atoms with Gasteiger partial charge in [-0.1, -0.05) is 20.8 Å². The van der Waals surface area contributed by atoms with Crippen molar-refractivity contribution >= 4 is 11.7 Å². The molecule has 0 bridgehead atoms. The average molecular weight is 277 g/mol. The number of aromatic nitrogens is 1. The van der Waals surface area contributed by atoms with Crippen molar-refractivity contribution in [2.45, 2.75) is 52.1 Å². The normalized spacial score (nSPS) is 14.4. The van der Waals surface area contributed by atoms with Crippen LogP contribution in [-0.4, -0.2) is 23.0 Å². The molecular formula is C15H23N3O2. The molecule has 0 saturated carbocycles. The van der Waals surface area contributed by atoms with Gasteiger partial charge in [0.25, 0.3) is 5.91 Å². The van der Waals surface area contributed by atoms with Gasteiger partial charge in [-0.05, 0) is 31.4 Å². The second-order valence-electron chi connectivity index (χ2n) is 5.18. The van der Waals surface area contributed by atoms with Crippen LogP contribution < -0.4 is 15.4 Å². The molecule has 5 nitrogen and oxygen atoms in total. The van der Waals surface area contributed by atoms with E-state index in [4.69, 9.17) is 4.74 Å². The second-order valence-corrected chi connectivity index (χ2v) is 5.18. The molecule has 0 aliphatic carbocycles. The Bertz CT molecular complexity index is 476. The van der Waals surface area contributed by atoms with Gasteiger partial charge in [-0.3, -0.25) is 4.79 Å². The number of fused-ring (bicyclic) bond motifs is 1. The summed E-state index contributed by atoms with van der Waals surface area (Å²) in [6, 6.07) is 3.80. The number of rotatable bonds is 6. The van der Waals surface area contributed by atoms with E-state index in [1.54, 1.807) is 0 Å². The van der Waals surface area contributed by atoms with Crippen molar-refractivity contribution in [3.8, 4) is 5.75 Å². The van der Waals surface area contributed by atoms with Crippen LogP contribution in [0.3, 0.4) is 0 Å². The first kappa shape index (κ1) is 14.8. The Kier molecular flexibility index (Phi) is 4.60. The Labute approximate surface area is 120 Å². The van der Waals surface area contributed by atoms with Gasteiger partial charge in [0.05, 0.1) is 5.69 Å². The van der Waals surface area contributed by atoms with Gasteiger partial charge in [0.15, 0.2) is 18.2 Å². The van der Waals surface area contributed by atoms with E-state index in [0.717, 1.165) is 25.0 Å². The lowest BCUT2D eigenvalue weighted by Crippen LogP contribution is -2.43. The quantitative estimate of drug-likeness (QED) is 0.838. The smallest absolute Gasteiger partial charge is 0.263 e. The summed E-state index contributed by atoms with van der Waals surface area (Å²) in [5, 5.41) is 6.34. The summed E-state index contributed by atoms with van der Waals surface area (Å²) in [7, 11) is 0. The molecule has 20 heavy (non-hydrogen) atoms. The first-order chi connectivity index (χ1) is 9.62. The summed E-state index contributed by atoms with van der Waals surface area (Å²) in [6.45, 7) is 7.37. The lowest BCUT2D eigenvalue weighted by Gasteiger charge is -2.32. The minimum atomic E-state index is -0.153. The Balaban J connectivity index is 2.07. The summed E-state index contributed by atoms with van der Waals surface area (Å²) < 4.78 is 5.30. The fraction of sp³-hybridized carbons (Fsp3) is 0.600. The number of carbonyl (C=O) groups is 1. The van der Waals surface area contributed by atoms with Crippen molar-refractivity contribution in [2.75, 3.05) is 11.9 Å². The van der Waals surface area contributed by atoms with Crippen LogP contribution in [0.4, 0.5) is 5.82 Å². The van der Waals surface area contributed by atoms with Crippen LogP contribution in [0.15, 0.2) is 12.1 Å². The number of nitrogens with zero attached hydrogens (tertiary/aromatic N) is 1. The monoisotopic (exact) mass is 277 g/mol. The van der Waals surface area contributed by atoms with E-state index in [0.29, 0.717) is 18.1 Å². The van der Waals surface area contributed by atoms with Crippen molar-refractivity contribution in [2.24, 2.45) is 0 Å². The topological polar surface area (TPSA) is 63.2 Å². The third-order valence-electron chi connectivity index (χ3n) is 4.21. The fourth-order valence-electron chi connectivity index (χ4n) is 2.51. The van der Waals surface area contributed by atoms with Crippen molar-refractivity contribution < 1.29 is 9.53 Å². The molecule has 0 unspecified atom stereocenters. The molecule has 1 aromatic heterocycles. The molecule has 2 rings (SSSR count). The van der Waals surface area contributed by atoms with Gasteiger partial charge in [0, 0.05) is 12.1 Å². The Morgan fingerprint density at radius 1 is 1.30 bits per heavy atom. The molecule has 0 fully saturated rings. The summed E-state index contributed by atoms with van der Waals surface area (Å²) in [5.41, 5.74) is 1.08. The van der Waals surface area contributed by atoms with E-state index in [1.807, 2.05) is 12.1 Å². The fourth-order valence-corrected chi connectivity index (χ4v) is 2.51. The number of carbonyl (C=O) groups excluding carboxylic acids is 1. The van der Waals surface area contributed by atoms with Gasteiger partial charge in [0.1, 0.15) is 0 Å². The maximum Gasteiger partial charge on any atom is 0.263 e. The maximum atomic E-state index is 11.3. The van der Waals surface area contributed by atoms with E-state index in [1.165, 1.54) is 0 Å². The Morgan fingerprint density at radius 3 is 2.65 bits per heavy atom. The minimum absolute atomic E-state index is 0.0664. The molecule has 0 radical (unpaired) electrons. The zero-order valence-electron chi connectivity index (χ0n) is 12.5. The third kappa shape index (κ3) is 3.10. The van der Waals surface area contributed by atoms with Gasteiger partial charge in [-0.25, -0.2) is 4.98 Å². The molecule has 2 heterocycles. The Morgan fingerprint density at radius 2 is 2.00 bits per heavy atom. The summed E-state index contributed by atoms with van der Waals surface area (Å²) in [5.74, 6) is 1.01. The SMILES string of the molecule is CCC(CC)(CC)NCc1ccc2c(n1)NC(=O)CO2. The molecule has 2 N–H and O–H groups in total. The van der Waals surface area contributed by atoms with Crippen molar-refractivity contribution in [3.63, 3.8) is 0 Å². The predicted octanol–water partition coefficient (Wildman–Crippen LogP) is 2.47. The van der Waals surface area contributed by atoms with Gasteiger partial charge in [-0.15, -0.1) is 0 Å². The van der Waals surface area contributed by atoms with Crippen LogP contribution in [0.1, 0.15) is 45.7 Å². The van der Waals surface area contributed by atoms with E-state index in [9.17, 15) is 4.79 Å². The number of ether oxygens (including phenoxy) is 1. The highest BCUT2D eigenvalue weighted by atomic mass is 16.5. The summed E-state index contributed by atoms with van der Waals surface area (Å²) in [4.78, 5) is 15.8. The standard InChI is InChI=1S/C15H23N3O2/c1-4-15(5-2,6-3)16-9-11-7-8-12-14(17-11)18-13(19)10-20-12/h7-8,16H,4-6,9-10H2,1-3H3,(H,17,18,19). The summed E-state index contributed by atoms with van der Waals surface area (Å²) >= 11 is 0. The molecule has 0 spiro atoms. The molecule has 0 atom stereocenters. The van der Waals surface area contributed by atoms with Gasteiger partial charge in [-0.2, -0.15) is 0 Å². The molecule has 1 aromatic rings. The number of pyridine rings is 1. The molecule has 1 aliphatic rings. The second kappa shape index (κ2) is 6.22. The molecule has 5 heteroatoms. The van der Waals surface area contributed by atoms with Gasteiger partial charge >= 0.3 is 0 Å². The van der Waals surface area contributed by atoms with Crippen LogP contribution >= 0.6 is 0 Å². The molecule has 0 saturated heterocycles. The molecule has 0 aromatic carbocycles. The van der Waals surface area contributed by atoms with Crippen molar-refractivity contribution in [1.29, 1.82) is 0 Å². The zero-order chi connectivity index (χ0) is 14.6. The maximum absolute atomic E-state index is 11.3. The lowest BCUT2D eigenvalue weighted by molar-refractivity contribution is -0.118. The highest BCUT2D eigenvalue weighted by Gasteiger charge is 2.23. The number of nitrogens with one attached hydrogen (secondary N) is 2. The average Bonchev–Trinajstić information content (AvgIpc) is 2.49. The number of hydrogen-bond acceptors (Lipinski definition) is 4. The third-order valence-corrected chi connectivity index (χ3v) is 4.21.